The first-order chi connectivity index (χ1) is 8.93. The summed E-state index contributed by atoms with van der Waals surface area (Å²) in [6.45, 7) is 5.58. The molecule has 0 N–H and O–H groups in total. The number of halogens is 2. The lowest BCUT2D eigenvalue weighted by Gasteiger charge is -2.11. The molecule has 0 aliphatic carbocycles. The summed E-state index contributed by atoms with van der Waals surface area (Å²) in [7, 11) is 0. The van der Waals surface area contributed by atoms with Gasteiger partial charge < -0.3 is 4.57 Å². The zero-order valence-electron chi connectivity index (χ0n) is 10.9. The summed E-state index contributed by atoms with van der Waals surface area (Å²) in [5.74, 6) is -0.0498. The highest BCUT2D eigenvalue weighted by Crippen LogP contribution is 2.27. The van der Waals surface area contributed by atoms with Crippen LogP contribution < -0.4 is 0 Å². The van der Waals surface area contributed by atoms with E-state index in [4.69, 9.17) is 11.6 Å². The van der Waals surface area contributed by atoms with E-state index in [1.165, 1.54) is 0 Å². The standard InChI is InChI=1S/C14H14BrClN2O/c1-8-6-11(14(19)9(2)16)10(3)18(8)13-4-5-17-7-12(13)15/h4-7,9H,1-3H3. The van der Waals surface area contributed by atoms with E-state index in [2.05, 4.69) is 20.9 Å². The van der Waals surface area contributed by atoms with Crippen molar-refractivity contribution in [2.75, 3.05) is 0 Å². The van der Waals surface area contributed by atoms with Crippen LogP contribution in [0.15, 0.2) is 29.0 Å². The molecule has 0 radical (unpaired) electrons. The molecule has 3 nitrogen and oxygen atoms in total. The number of nitrogens with zero attached hydrogens (tertiary/aromatic N) is 2. The molecule has 1 atom stereocenters. The van der Waals surface area contributed by atoms with Crippen molar-refractivity contribution in [3.63, 3.8) is 0 Å². The predicted molar refractivity (Wildman–Crippen MR) is 80.4 cm³/mol. The van der Waals surface area contributed by atoms with Gasteiger partial charge in [0.15, 0.2) is 5.78 Å². The van der Waals surface area contributed by atoms with E-state index in [0.717, 1.165) is 21.5 Å². The van der Waals surface area contributed by atoms with Gasteiger partial charge in [0.25, 0.3) is 0 Å². The Morgan fingerprint density at radius 2 is 2.16 bits per heavy atom. The third kappa shape index (κ3) is 2.60. The second kappa shape index (κ2) is 5.47. The van der Waals surface area contributed by atoms with Crippen LogP contribution in [-0.4, -0.2) is 20.7 Å². The largest absolute Gasteiger partial charge is 0.317 e. The summed E-state index contributed by atoms with van der Waals surface area (Å²) < 4.78 is 2.91. The molecule has 0 fully saturated rings. The van der Waals surface area contributed by atoms with E-state index in [-0.39, 0.29) is 5.78 Å². The molecule has 19 heavy (non-hydrogen) atoms. The first-order valence-corrected chi connectivity index (χ1v) is 7.13. The Morgan fingerprint density at radius 3 is 2.74 bits per heavy atom. The Hall–Kier alpha value is -1.13. The van der Waals surface area contributed by atoms with Crippen LogP contribution in [0.1, 0.15) is 28.7 Å². The van der Waals surface area contributed by atoms with E-state index >= 15 is 0 Å². The van der Waals surface area contributed by atoms with Crippen molar-refractivity contribution in [1.29, 1.82) is 0 Å². The van der Waals surface area contributed by atoms with Gasteiger partial charge in [-0.1, -0.05) is 0 Å². The molecule has 0 saturated carbocycles. The Kier molecular flexibility index (Phi) is 4.11. The lowest BCUT2D eigenvalue weighted by molar-refractivity contribution is 0.0991. The zero-order chi connectivity index (χ0) is 14.2. The average Bonchev–Trinajstić information content (AvgIpc) is 2.65. The molecular weight excluding hydrogens is 328 g/mol. The fourth-order valence-electron chi connectivity index (χ4n) is 2.15. The van der Waals surface area contributed by atoms with Crippen LogP contribution in [0.2, 0.25) is 0 Å². The van der Waals surface area contributed by atoms with Crippen LogP contribution in [0.3, 0.4) is 0 Å². The van der Waals surface area contributed by atoms with Gasteiger partial charge in [0.2, 0.25) is 0 Å². The number of carbonyl (C=O) groups excluding carboxylic acids is 1. The molecule has 2 aromatic rings. The Balaban J connectivity index is 2.61. The minimum absolute atomic E-state index is 0.0498. The van der Waals surface area contributed by atoms with E-state index in [1.54, 1.807) is 19.3 Å². The van der Waals surface area contributed by atoms with Gasteiger partial charge in [-0.25, -0.2) is 0 Å². The highest BCUT2D eigenvalue weighted by Gasteiger charge is 2.20. The van der Waals surface area contributed by atoms with Gasteiger partial charge in [-0.05, 0) is 48.8 Å². The van der Waals surface area contributed by atoms with Crippen molar-refractivity contribution in [1.82, 2.24) is 9.55 Å². The molecule has 0 bridgehead atoms. The maximum absolute atomic E-state index is 12.1. The third-order valence-corrected chi connectivity index (χ3v) is 3.86. The van der Waals surface area contributed by atoms with Crippen molar-refractivity contribution in [2.24, 2.45) is 0 Å². The number of alkyl halides is 1. The molecule has 0 spiro atoms. The lowest BCUT2D eigenvalue weighted by Crippen LogP contribution is -2.11. The van der Waals surface area contributed by atoms with E-state index in [9.17, 15) is 4.79 Å². The molecule has 0 amide bonds. The van der Waals surface area contributed by atoms with Gasteiger partial charge in [0.05, 0.1) is 15.5 Å². The molecule has 1 unspecified atom stereocenters. The highest BCUT2D eigenvalue weighted by molar-refractivity contribution is 9.10. The van der Waals surface area contributed by atoms with Crippen LogP contribution in [0, 0.1) is 13.8 Å². The van der Waals surface area contributed by atoms with Crippen molar-refractivity contribution in [3.8, 4) is 5.69 Å². The number of rotatable bonds is 3. The van der Waals surface area contributed by atoms with Gasteiger partial charge in [-0.15, -0.1) is 11.6 Å². The summed E-state index contributed by atoms with van der Waals surface area (Å²) in [5.41, 5.74) is 3.52. The average molecular weight is 342 g/mol. The molecule has 2 rings (SSSR count). The predicted octanol–water partition coefficient (Wildman–Crippen LogP) is 4.06. The maximum atomic E-state index is 12.1. The molecule has 5 heteroatoms. The van der Waals surface area contributed by atoms with Crippen LogP contribution >= 0.6 is 27.5 Å². The normalized spacial score (nSPS) is 12.5. The number of aryl methyl sites for hydroxylation is 1. The maximum Gasteiger partial charge on any atom is 0.182 e. The van der Waals surface area contributed by atoms with Crippen molar-refractivity contribution >= 4 is 33.3 Å². The minimum atomic E-state index is -0.519. The number of Topliss-reactive ketones (excluding diaryl/α,β-unsaturated/α-hetero) is 1. The fraction of sp³-hybridized carbons (Fsp3) is 0.286. The molecule has 100 valence electrons. The molecular formula is C14H14BrClN2O. The minimum Gasteiger partial charge on any atom is -0.317 e. The topological polar surface area (TPSA) is 34.9 Å². The van der Waals surface area contributed by atoms with Crippen LogP contribution in [0.5, 0.6) is 0 Å². The Bertz CT molecular complexity index is 634. The SMILES string of the molecule is Cc1cc(C(=O)C(C)Cl)c(C)n1-c1ccncc1Br. The first kappa shape index (κ1) is 14.3. The molecule has 0 saturated heterocycles. The van der Waals surface area contributed by atoms with Gasteiger partial charge in [0.1, 0.15) is 0 Å². The monoisotopic (exact) mass is 340 g/mol. The molecule has 0 aromatic carbocycles. The van der Waals surface area contributed by atoms with Crippen molar-refractivity contribution < 1.29 is 4.79 Å². The lowest BCUT2D eigenvalue weighted by atomic mass is 10.1. The van der Waals surface area contributed by atoms with Crippen molar-refractivity contribution in [3.05, 3.63) is 46.0 Å². The van der Waals surface area contributed by atoms with Gasteiger partial charge >= 0.3 is 0 Å². The first-order valence-electron chi connectivity index (χ1n) is 5.90. The van der Waals surface area contributed by atoms with Crippen LogP contribution in [0.25, 0.3) is 5.69 Å². The third-order valence-electron chi connectivity index (χ3n) is 3.05. The van der Waals surface area contributed by atoms with Crippen LogP contribution in [-0.2, 0) is 0 Å². The number of aromatic nitrogens is 2. The van der Waals surface area contributed by atoms with E-state index in [1.807, 2.05) is 30.5 Å². The molecule has 2 aromatic heterocycles. The summed E-state index contributed by atoms with van der Waals surface area (Å²) in [5, 5.41) is -0.519. The van der Waals surface area contributed by atoms with Gasteiger partial charge in [0, 0.05) is 29.3 Å². The second-order valence-electron chi connectivity index (χ2n) is 4.43. The number of hydrogen-bond donors (Lipinski definition) is 0. The smallest absolute Gasteiger partial charge is 0.182 e. The van der Waals surface area contributed by atoms with Gasteiger partial charge in [-0.3, -0.25) is 9.78 Å². The zero-order valence-corrected chi connectivity index (χ0v) is 13.3. The van der Waals surface area contributed by atoms with Crippen LogP contribution in [0.4, 0.5) is 0 Å². The van der Waals surface area contributed by atoms with E-state index in [0.29, 0.717) is 5.56 Å². The Labute approximate surface area is 125 Å². The van der Waals surface area contributed by atoms with Crippen molar-refractivity contribution in [2.45, 2.75) is 26.1 Å². The van der Waals surface area contributed by atoms with Gasteiger partial charge in [-0.2, -0.15) is 0 Å². The molecule has 0 aliphatic rings. The molecule has 0 aliphatic heterocycles. The quantitative estimate of drug-likeness (QED) is 0.623. The Morgan fingerprint density at radius 1 is 1.47 bits per heavy atom. The molecule has 2 heterocycles. The van der Waals surface area contributed by atoms with E-state index < -0.39 is 5.38 Å². The summed E-state index contributed by atoms with van der Waals surface area (Å²) in [6.07, 6.45) is 3.46. The summed E-state index contributed by atoms with van der Waals surface area (Å²) >= 11 is 9.38. The number of pyridine rings is 1. The fourth-order valence-corrected chi connectivity index (χ4v) is 2.69. The summed E-state index contributed by atoms with van der Waals surface area (Å²) in [4.78, 5) is 16.1. The number of hydrogen-bond acceptors (Lipinski definition) is 2. The number of carbonyl (C=O) groups is 1. The highest BCUT2D eigenvalue weighted by atomic mass is 79.9. The summed E-state index contributed by atoms with van der Waals surface area (Å²) in [6, 6.07) is 3.78. The number of ketones is 1. The second-order valence-corrected chi connectivity index (χ2v) is 5.94.